The molecule has 1 atom stereocenters. The molecule has 1 unspecified atom stereocenters. The van der Waals surface area contributed by atoms with Crippen LogP contribution in [0, 0.1) is 0 Å². The monoisotopic (exact) mass is 229 g/mol. The number of aliphatic carboxylic acids is 1. The summed E-state index contributed by atoms with van der Waals surface area (Å²) in [5, 5.41) is 9.35. The Morgan fingerprint density at radius 2 is 2.27 bits per heavy atom. The molecule has 1 aromatic carbocycles. The largest absolute Gasteiger partial charge is 0.497 e. The number of methoxy groups -OCH3 is 1. The summed E-state index contributed by atoms with van der Waals surface area (Å²) >= 11 is 5.82. The molecule has 1 rings (SSSR count). The van der Waals surface area contributed by atoms with Crippen molar-refractivity contribution in [3.63, 3.8) is 0 Å². The van der Waals surface area contributed by atoms with Crippen LogP contribution in [0.1, 0.15) is 11.5 Å². The average molecular weight is 230 g/mol. The van der Waals surface area contributed by atoms with E-state index in [0.717, 1.165) is 0 Å². The van der Waals surface area contributed by atoms with Crippen LogP contribution in [0.2, 0.25) is 5.02 Å². The summed E-state index contributed by atoms with van der Waals surface area (Å²) in [5.74, 6) is -1.20. The van der Waals surface area contributed by atoms with Gasteiger partial charge >= 0.3 is 5.97 Å². The number of halogens is 1. The van der Waals surface area contributed by atoms with Crippen LogP contribution in [0.5, 0.6) is 5.75 Å². The molecule has 0 spiro atoms. The number of ether oxygens (including phenoxy) is 1. The molecule has 0 heterocycles. The van der Waals surface area contributed by atoms with Crippen LogP contribution in [0.3, 0.4) is 0 Å². The summed E-state index contributed by atoms with van der Waals surface area (Å²) in [6.45, 7) is 0.0266. The highest BCUT2D eigenvalue weighted by Crippen LogP contribution is 2.25. The summed E-state index contributed by atoms with van der Waals surface area (Å²) in [6, 6.07) is 4.81. The van der Waals surface area contributed by atoms with Gasteiger partial charge in [0.25, 0.3) is 0 Å². The van der Waals surface area contributed by atoms with Crippen molar-refractivity contribution in [3.8, 4) is 5.75 Å². The highest BCUT2D eigenvalue weighted by molar-refractivity contribution is 6.30. The number of carbonyl (C=O) groups is 1. The molecular weight excluding hydrogens is 218 g/mol. The third-order valence-electron chi connectivity index (χ3n) is 2.07. The molecule has 1 aromatic rings. The zero-order chi connectivity index (χ0) is 11.4. The second-order valence-electron chi connectivity index (χ2n) is 3.05. The molecule has 0 saturated carbocycles. The average Bonchev–Trinajstić information content (AvgIpc) is 2.17. The molecule has 0 bridgehead atoms. The highest BCUT2D eigenvalue weighted by Gasteiger charge is 2.19. The Labute approximate surface area is 92.6 Å². The summed E-state index contributed by atoms with van der Waals surface area (Å²) in [5.41, 5.74) is 5.93. The SMILES string of the molecule is COc1cc(Cl)cc(C(CN)C(=O)O)c1. The minimum atomic E-state index is -0.971. The fourth-order valence-corrected chi connectivity index (χ4v) is 1.52. The molecule has 3 N–H and O–H groups in total. The molecule has 0 aliphatic rings. The first kappa shape index (κ1) is 11.8. The second kappa shape index (κ2) is 5.00. The summed E-state index contributed by atoms with van der Waals surface area (Å²) in [6.07, 6.45) is 0. The van der Waals surface area contributed by atoms with Gasteiger partial charge in [0.1, 0.15) is 5.75 Å². The lowest BCUT2D eigenvalue weighted by Gasteiger charge is -2.11. The predicted molar refractivity (Wildman–Crippen MR) is 57.4 cm³/mol. The molecule has 4 nitrogen and oxygen atoms in total. The maximum Gasteiger partial charge on any atom is 0.312 e. The van der Waals surface area contributed by atoms with Crippen LogP contribution in [-0.2, 0) is 4.79 Å². The lowest BCUT2D eigenvalue weighted by molar-refractivity contribution is -0.138. The summed E-state index contributed by atoms with van der Waals surface area (Å²) in [7, 11) is 1.49. The first-order valence-corrected chi connectivity index (χ1v) is 4.73. The topological polar surface area (TPSA) is 72.5 Å². The molecule has 0 fully saturated rings. The Morgan fingerprint density at radius 1 is 1.60 bits per heavy atom. The van der Waals surface area contributed by atoms with E-state index in [1.165, 1.54) is 7.11 Å². The zero-order valence-electron chi connectivity index (χ0n) is 8.24. The van der Waals surface area contributed by atoms with Crippen molar-refractivity contribution < 1.29 is 14.6 Å². The maximum absolute atomic E-state index is 10.9. The van der Waals surface area contributed by atoms with E-state index in [2.05, 4.69) is 0 Å². The fraction of sp³-hybridized carbons (Fsp3) is 0.300. The maximum atomic E-state index is 10.9. The number of carboxylic acids is 1. The predicted octanol–water partition coefficient (Wildman–Crippen LogP) is 1.48. The zero-order valence-corrected chi connectivity index (χ0v) is 8.99. The van der Waals surface area contributed by atoms with Crippen molar-refractivity contribution >= 4 is 17.6 Å². The van der Waals surface area contributed by atoms with Crippen LogP contribution >= 0.6 is 11.6 Å². The standard InChI is InChI=1S/C10H12ClNO3/c1-15-8-3-6(2-7(11)4-8)9(5-12)10(13)14/h2-4,9H,5,12H2,1H3,(H,13,14). The lowest BCUT2D eigenvalue weighted by Crippen LogP contribution is -2.21. The van der Waals surface area contributed by atoms with E-state index in [1.54, 1.807) is 18.2 Å². The van der Waals surface area contributed by atoms with Gasteiger partial charge in [-0.05, 0) is 23.8 Å². The summed E-state index contributed by atoms with van der Waals surface area (Å²) < 4.78 is 4.99. The lowest BCUT2D eigenvalue weighted by atomic mass is 9.99. The Hall–Kier alpha value is -1.26. The van der Waals surface area contributed by atoms with Gasteiger partial charge in [-0.2, -0.15) is 0 Å². The third kappa shape index (κ3) is 2.84. The first-order valence-electron chi connectivity index (χ1n) is 4.35. The Balaban J connectivity index is 3.11. The van der Waals surface area contributed by atoms with E-state index < -0.39 is 11.9 Å². The van der Waals surface area contributed by atoms with Crippen molar-refractivity contribution in [2.75, 3.05) is 13.7 Å². The molecule has 0 saturated heterocycles. The second-order valence-corrected chi connectivity index (χ2v) is 3.49. The van der Waals surface area contributed by atoms with E-state index in [0.29, 0.717) is 16.3 Å². The van der Waals surface area contributed by atoms with Gasteiger partial charge in [0.2, 0.25) is 0 Å². The van der Waals surface area contributed by atoms with Crippen molar-refractivity contribution in [2.24, 2.45) is 5.73 Å². The quantitative estimate of drug-likeness (QED) is 0.820. The Bertz CT molecular complexity index is 368. The molecule has 15 heavy (non-hydrogen) atoms. The molecular formula is C10H12ClNO3. The number of hydrogen-bond acceptors (Lipinski definition) is 3. The number of rotatable bonds is 4. The molecule has 0 aliphatic carbocycles. The highest BCUT2D eigenvalue weighted by atomic mass is 35.5. The van der Waals surface area contributed by atoms with E-state index in [9.17, 15) is 4.79 Å². The Morgan fingerprint density at radius 3 is 2.73 bits per heavy atom. The van der Waals surface area contributed by atoms with E-state index in [4.69, 9.17) is 27.2 Å². The van der Waals surface area contributed by atoms with E-state index >= 15 is 0 Å². The molecule has 0 aliphatic heterocycles. The number of benzene rings is 1. The van der Waals surface area contributed by atoms with Gasteiger partial charge in [-0.25, -0.2) is 0 Å². The van der Waals surface area contributed by atoms with Gasteiger partial charge in [0.15, 0.2) is 0 Å². The van der Waals surface area contributed by atoms with Crippen LogP contribution in [-0.4, -0.2) is 24.7 Å². The third-order valence-corrected chi connectivity index (χ3v) is 2.28. The van der Waals surface area contributed by atoms with Gasteiger partial charge in [0, 0.05) is 11.6 Å². The number of nitrogens with two attached hydrogens (primary N) is 1. The van der Waals surface area contributed by atoms with Crippen molar-refractivity contribution in [3.05, 3.63) is 28.8 Å². The van der Waals surface area contributed by atoms with Crippen LogP contribution < -0.4 is 10.5 Å². The van der Waals surface area contributed by atoms with Gasteiger partial charge < -0.3 is 15.6 Å². The van der Waals surface area contributed by atoms with Crippen molar-refractivity contribution in [2.45, 2.75) is 5.92 Å². The minimum Gasteiger partial charge on any atom is -0.497 e. The number of carboxylic acid groups (broad SMARTS) is 1. The van der Waals surface area contributed by atoms with Gasteiger partial charge in [-0.1, -0.05) is 11.6 Å². The van der Waals surface area contributed by atoms with Crippen LogP contribution in [0.15, 0.2) is 18.2 Å². The molecule has 0 radical (unpaired) electrons. The van der Waals surface area contributed by atoms with E-state index in [-0.39, 0.29) is 6.54 Å². The summed E-state index contributed by atoms with van der Waals surface area (Å²) in [4.78, 5) is 10.9. The molecule has 0 amide bonds. The fourth-order valence-electron chi connectivity index (χ4n) is 1.28. The molecule has 0 aromatic heterocycles. The van der Waals surface area contributed by atoms with Crippen molar-refractivity contribution in [1.29, 1.82) is 0 Å². The van der Waals surface area contributed by atoms with Crippen LogP contribution in [0.4, 0.5) is 0 Å². The number of hydrogen-bond donors (Lipinski definition) is 2. The van der Waals surface area contributed by atoms with Crippen molar-refractivity contribution in [1.82, 2.24) is 0 Å². The molecule has 82 valence electrons. The Kier molecular flexibility index (Phi) is 3.94. The van der Waals surface area contributed by atoms with Gasteiger partial charge in [0.05, 0.1) is 13.0 Å². The van der Waals surface area contributed by atoms with Gasteiger partial charge in [-0.3, -0.25) is 4.79 Å². The van der Waals surface area contributed by atoms with Crippen LogP contribution in [0.25, 0.3) is 0 Å². The minimum absolute atomic E-state index is 0.0266. The molecule has 5 heteroatoms. The normalized spacial score (nSPS) is 12.2. The van der Waals surface area contributed by atoms with E-state index in [1.807, 2.05) is 0 Å². The smallest absolute Gasteiger partial charge is 0.312 e. The van der Waals surface area contributed by atoms with Gasteiger partial charge in [-0.15, -0.1) is 0 Å². The first-order chi connectivity index (χ1) is 7.08.